The van der Waals surface area contributed by atoms with Gasteiger partial charge >= 0.3 is 0 Å². The number of nitrogens with one attached hydrogen (secondary N) is 1. The van der Waals surface area contributed by atoms with Crippen LogP contribution in [0.2, 0.25) is 5.02 Å². The molecule has 0 radical (unpaired) electrons. The quantitative estimate of drug-likeness (QED) is 0.374. The molecule has 7 heteroatoms. The molecule has 2 aliphatic carbocycles. The van der Waals surface area contributed by atoms with E-state index in [2.05, 4.69) is 25.2 Å². The lowest BCUT2D eigenvalue weighted by molar-refractivity contribution is -0.131. The van der Waals surface area contributed by atoms with Crippen LogP contribution in [0.15, 0.2) is 29.8 Å². The van der Waals surface area contributed by atoms with Crippen molar-refractivity contribution in [2.24, 2.45) is 17.3 Å². The summed E-state index contributed by atoms with van der Waals surface area (Å²) in [6.07, 6.45) is 6.80. The molecule has 1 amide bonds. The summed E-state index contributed by atoms with van der Waals surface area (Å²) in [7, 11) is 0. The maximum atomic E-state index is 13.1. The van der Waals surface area contributed by atoms with E-state index in [0.717, 1.165) is 44.1 Å². The monoisotopic (exact) mass is 495 g/mol. The molecule has 4 rings (SSSR count). The predicted molar refractivity (Wildman–Crippen MR) is 131 cm³/mol. The van der Waals surface area contributed by atoms with Crippen molar-refractivity contribution in [1.82, 2.24) is 5.32 Å². The van der Waals surface area contributed by atoms with Crippen molar-refractivity contribution in [2.45, 2.75) is 75.8 Å². The van der Waals surface area contributed by atoms with Crippen LogP contribution in [0, 0.1) is 17.3 Å². The molecule has 33 heavy (non-hydrogen) atoms. The first kappa shape index (κ1) is 24.8. The van der Waals surface area contributed by atoms with Gasteiger partial charge in [-0.05, 0) is 75.0 Å². The fraction of sp³-hybridized carbons (Fsp3) is 0.654. The van der Waals surface area contributed by atoms with E-state index >= 15 is 0 Å². The highest BCUT2D eigenvalue weighted by atomic mass is 35.5. The van der Waals surface area contributed by atoms with Gasteiger partial charge in [-0.15, -0.1) is 11.6 Å². The van der Waals surface area contributed by atoms with Crippen LogP contribution in [0.5, 0.6) is 5.75 Å². The molecule has 1 saturated carbocycles. The van der Waals surface area contributed by atoms with Crippen LogP contribution in [0.1, 0.15) is 63.9 Å². The lowest BCUT2D eigenvalue weighted by atomic mass is 9.53. The third kappa shape index (κ3) is 4.67. The smallest absolute Gasteiger partial charge is 0.226 e. The summed E-state index contributed by atoms with van der Waals surface area (Å²) < 4.78 is 5.60. The number of benzene rings is 1. The second-order valence-electron chi connectivity index (χ2n) is 9.95. The van der Waals surface area contributed by atoms with E-state index in [0.29, 0.717) is 10.8 Å². The second kappa shape index (κ2) is 10.2. The number of hydrogen-bond donors (Lipinski definition) is 3. The molecule has 3 N–H and O–H groups in total. The predicted octanol–water partition coefficient (Wildman–Crippen LogP) is 4.81. The van der Waals surface area contributed by atoms with Crippen molar-refractivity contribution in [3.8, 4) is 5.75 Å². The van der Waals surface area contributed by atoms with Gasteiger partial charge in [-0.25, -0.2) is 0 Å². The van der Waals surface area contributed by atoms with E-state index in [4.69, 9.17) is 33.0 Å². The van der Waals surface area contributed by atoms with Crippen molar-refractivity contribution < 1.29 is 19.7 Å². The molecular formula is C26H35Cl2NO4. The molecule has 0 aromatic heterocycles. The van der Waals surface area contributed by atoms with Crippen molar-refractivity contribution in [2.75, 3.05) is 13.2 Å². The number of amides is 1. The lowest BCUT2D eigenvalue weighted by Gasteiger charge is -2.49. The molecule has 1 saturated heterocycles. The van der Waals surface area contributed by atoms with Crippen molar-refractivity contribution in [3.05, 3.63) is 40.4 Å². The van der Waals surface area contributed by atoms with Gasteiger partial charge in [-0.3, -0.25) is 4.79 Å². The third-order valence-corrected chi connectivity index (χ3v) is 8.90. The second-order valence-corrected chi connectivity index (χ2v) is 11.0. The zero-order valence-electron chi connectivity index (χ0n) is 19.4. The minimum Gasteiger partial charge on any atom is -0.491 e. The largest absolute Gasteiger partial charge is 0.491 e. The molecule has 3 aliphatic rings. The highest BCUT2D eigenvalue weighted by Gasteiger charge is 2.59. The summed E-state index contributed by atoms with van der Waals surface area (Å²) >= 11 is 13.2. The first-order valence-electron chi connectivity index (χ1n) is 12.2. The van der Waals surface area contributed by atoms with Gasteiger partial charge < -0.3 is 20.3 Å². The Labute approximate surface area is 206 Å². The average Bonchev–Trinajstić information content (AvgIpc) is 3.07. The number of hydrogen-bond acceptors (Lipinski definition) is 4. The molecule has 0 spiro atoms. The lowest BCUT2D eigenvalue weighted by Crippen LogP contribution is -2.46. The number of carbonyl (C=O) groups excluding carboxylic acids is 1. The number of rotatable bonds is 7. The Morgan fingerprint density at radius 1 is 1.33 bits per heavy atom. The minimum atomic E-state index is -0.925. The number of carbonyl (C=O) groups is 1. The molecular weight excluding hydrogens is 461 g/mol. The third-order valence-electron chi connectivity index (χ3n) is 8.18. The Morgan fingerprint density at radius 3 is 2.76 bits per heavy atom. The van der Waals surface area contributed by atoms with Crippen LogP contribution in [0.3, 0.4) is 0 Å². The van der Waals surface area contributed by atoms with Crippen molar-refractivity contribution in [1.29, 1.82) is 0 Å². The van der Waals surface area contributed by atoms with Gasteiger partial charge in [0.15, 0.2) is 0 Å². The molecule has 182 valence electrons. The number of aliphatic hydroxyl groups excluding tert-OH is 2. The summed E-state index contributed by atoms with van der Waals surface area (Å²) in [6, 6.07) is 5.82. The zero-order valence-corrected chi connectivity index (χ0v) is 20.9. The van der Waals surface area contributed by atoms with Gasteiger partial charge in [0.1, 0.15) is 18.5 Å². The number of ether oxygens (including phenoxy) is 1. The highest BCUT2D eigenvalue weighted by Crippen LogP contribution is 2.60. The van der Waals surface area contributed by atoms with E-state index in [-0.39, 0.29) is 53.7 Å². The summed E-state index contributed by atoms with van der Waals surface area (Å²) in [5, 5.41) is 22.7. The first-order valence-corrected chi connectivity index (χ1v) is 13.0. The van der Waals surface area contributed by atoms with Crippen molar-refractivity contribution >= 4 is 29.1 Å². The van der Waals surface area contributed by atoms with Gasteiger partial charge in [-0.2, -0.15) is 0 Å². The van der Waals surface area contributed by atoms with Crippen LogP contribution >= 0.6 is 23.2 Å². The zero-order chi connectivity index (χ0) is 23.8. The van der Waals surface area contributed by atoms with E-state index in [1.54, 1.807) is 6.07 Å². The number of fused-ring (bicyclic) bond motifs is 1. The number of allylic oxidation sites excluding steroid dienone is 2. The fourth-order valence-electron chi connectivity index (χ4n) is 6.53. The summed E-state index contributed by atoms with van der Waals surface area (Å²) in [4.78, 5) is 13.1. The summed E-state index contributed by atoms with van der Waals surface area (Å²) in [5.41, 5.74) is 2.18. The standard InChI is InChI=1S/C26H35Cl2NO4/c1-3-26-11-10-21(20-9-8-19(12-22(20)28)33-14-18(31)13-30)23(16-4-6-17(27)7-5-16)24(26)15(2)29-25(26)32/h4,8-9,12,15,17-18,21,23-24,30-31H,3,5-7,10-11,13-14H2,1-2H3,(H,29,32)/t15-,17?,18-,21+,23+,24+,26-/m1/s1. The van der Waals surface area contributed by atoms with E-state index in [9.17, 15) is 9.90 Å². The van der Waals surface area contributed by atoms with Crippen LogP contribution in [-0.4, -0.2) is 46.9 Å². The Morgan fingerprint density at radius 2 is 2.12 bits per heavy atom. The minimum absolute atomic E-state index is 0.0110. The molecule has 0 bridgehead atoms. The van der Waals surface area contributed by atoms with E-state index in [1.165, 1.54) is 5.57 Å². The van der Waals surface area contributed by atoms with Gasteiger partial charge in [-0.1, -0.05) is 36.2 Å². The molecule has 7 atom stereocenters. The highest BCUT2D eigenvalue weighted by molar-refractivity contribution is 6.31. The number of aliphatic hydroxyl groups is 2. The van der Waals surface area contributed by atoms with Gasteiger partial charge in [0.05, 0.1) is 12.0 Å². The maximum absolute atomic E-state index is 13.1. The molecule has 1 aromatic carbocycles. The van der Waals surface area contributed by atoms with Gasteiger partial charge in [0, 0.05) is 22.4 Å². The summed E-state index contributed by atoms with van der Waals surface area (Å²) in [5.74, 6) is 1.44. The Bertz CT molecular complexity index is 906. The van der Waals surface area contributed by atoms with Crippen LogP contribution in [0.25, 0.3) is 0 Å². The van der Waals surface area contributed by atoms with E-state index in [1.807, 2.05) is 12.1 Å². The Kier molecular flexibility index (Phi) is 7.64. The topological polar surface area (TPSA) is 78.8 Å². The number of halogens is 2. The van der Waals surface area contributed by atoms with Gasteiger partial charge in [0.2, 0.25) is 5.91 Å². The molecule has 2 fully saturated rings. The van der Waals surface area contributed by atoms with Gasteiger partial charge in [0.25, 0.3) is 0 Å². The van der Waals surface area contributed by atoms with Crippen LogP contribution in [-0.2, 0) is 4.79 Å². The SMILES string of the molecule is CC[C@@]12CC[C@@H](c3ccc(OC[C@H](O)CO)cc3Cl)[C@H](C3=CCC(Cl)CC3)[C@@H]1[C@@H](C)NC2=O. The van der Waals surface area contributed by atoms with Crippen LogP contribution < -0.4 is 10.1 Å². The number of alkyl halides is 1. The maximum Gasteiger partial charge on any atom is 0.226 e. The normalized spacial score (nSPS) is 34.9. The Hall–Kier alpha value is -1.27. The molecule has 1 aliphatic heterocycles. The fourth-order valence-corrected chi connectivity index (χ4v) is 7.04. The first-order chi connectivity index (χ1) is 15.8. The molecule has 1 aromatic rings. The Balaban J connectivity index is 1.69. The molecule has 1 unspecified atom stereocenters. The summed E-state index contributed by atoms with van der Waals surface area (Å²) in [6.45, 7) is 3.95. The van der Waals surface area contributed by atoms with E-state index < -0.39 is 6.10 Å². The molecule has 5 nitrogen and oxygen atoms in total. The van der Waals surface area contributed by atoms with Crippen molar-refractivity contribution in [3.63, 3.8) is 0 Å². The average molecular weight is 496 g/mol. The van der Waals surface area contributed by atoms with Crippen LogP contribution in [0.4, 0.5) is 0 Å². The molecule has 1 heterocycles.